The third-order valence-corrected chi connectivity index (χ3v) is 7.68. The van der Waals surface area contributed by atoms with Crippen LogP contribution in [-0.4, -0.2) is 62.8 Å². The molecule has 4 aromatic rings. The Labute approximate surface area is 192 Å². The number of fused-ring (bicyclic) bond motifs is 4. The molecule has 1 amide bonds. The lowest BCUT2D eigenvalue weighted by Crippen LogP contribution is -2.37. The van der Waals surface area contributed by atoms with Gasteiger partial charge < -0.3 is 20.1 Å². The second-order valence-corrected chi connectivity index (χ2v) is 9.62. The Hall–Kier alpha value is -2.89. The molecule has 1 aliphatic carbocycles. The highest BCUT2D eigenvalue weighted by molar-refractivity contribution is 7.19. The van der Waals surface area contributed by atoms with Crippen LogP contribution in [0.15, 0.2) is 18.5 Å². The maximum absolute atomic E-state index is 12.7. The molecule has 9 nitrogen and oxygen atoms in total. The van der Waals surface area contributed by atoms with Gasteiger partial charge in [-0.15, -0.1) is 16.4 Å². The molecule has 1 aliphatic rings. The zero-order chi connectivity index (χ0) is 22.2. The number of methoxy groups -OCH3 is 1. The molecule has 0 aliphatic heterocycles. The summed E-state index contributed by atoms with van der Waals surface area (Å²) < 4.78 is 10.5. The minimum absolute atomic E-state index is 0.0272. The van der Waals surface area contributed by atoms with Crippen LogP contribution in [0.3, 0.4) is 0 Å². The van der Waals surface area contributed by atoms with Crippen LogP contribution in [0.25, 0.3) is 20.4 Å². The number of aryl methyl sites for hydroxylation is 1. The summed E-state index contributed by atoms with van der Waals surface area (Å²) in [4.78, 5) is 25.5. The zero-order valence-electron chi connectivity index (χ0n) is 17.7. The number of hydrogen-bond donors (Lipinski definition) is 2. The third kappa shape index (κ3) is 3.65. The lowest BCUT2D eigenvalue weighted by Gasteiger charge is -2.26. The van der Waals surface area contributed by atoms with Crippen molar-refractivity contribution in [1.29, 1.82) is 0 Å². The molecule has 0 saturated heterocycles. The van der Waals surface area contributed by atoms with Crippen molar-refractivity contribution in [2.24, 2.45) is 5.92 Å². The first-order valence-corrected chi connectivity index (χ1v) is 11.9. The fourth-order valence-corrected chi connectivity index (χ4v) is 6.04. The monoisotopic (exact) mass is 470 g/mol. The van der Waals surface area contributed by atoms with Gasteiger partial charge in [0.25, 0.3) is 0 Å². The molecule has 3 aromatic heterocycles. The Morgan fingerprint density at radius 2 is 2.25 bits per heavy atom. The number of aromatic nitrogens is 4. The molecule has 1 atom stereocenters. The van der Waals surface area contributed by atoms with Crippen molar-refractivity contribution >= 4 is 60.7 Å². The minimum Gasteiger partial charge on any atom is -0.494 e. The van der Waals surface area contributed by atoms with Gasteiger partial charge in [-0.3, -0.25) is 4.79 Å². The predicted octanol–water partition coefficient (Wildman–Crippen LogP) is 3.00. The largest absolute Gasteiger partial charge is 0.494 e. The van der Waals surface area contributed by atoms with Gasteiger partial charge in [0.2, 0.25) is 5.91 Å². The number of hydrogen-bond acceptors (Lipinski definition) is 10. The van der Waals surface area contributed by atoms with E-state index >= 15 is 0 Å². The topological polar surface area (TPSA) is 113 Å². The number of nitrogens with zero attached hydrogens (tertiary/aromatic N) is 5. The van der Waals surface area contributed by atoms with Gasteiger partial charge in [-0.2, -0.15) is 0 Å². The number of carbonyl (C=O) groups is 1. The number of thiophene rings is 1. The van der Waals surface area contributed by atoms with Crippen LogP contribution < -0.4 is 10.1 Å². The lowest BCUT2D eigenvalue weighted by molar-refractivity contribution is -0.135. The number of anilines is 2. The molecule has 11 heteroatoms. The minimum atomic E-state index is -0.0715. The highest BCUT2D eigenvalue weighted by Crippen LogP contribution is 2.42. The number of nitrogens with one attached hydrogen (secondary N) is 1. The summed E-state index contributed by atoms with van der Waals surface area (Å²) in [6.07, 6.45) is 3.80. The molecule has 32 heavy (non-hydrogen) atoms. The quantitative estimate of drug-likeness (QED) is 0.442. The fourth-order valence-electron chi connectivity index (χ4n) is 4.19. The summed E-state index contributed by atoms with van der Waals surface area (Å²) in [6, 6.07) is 3.83. The van der Waals surface area contributed by atoms with Gasteiger partial charge in [-0.1, -0.05) is 4.49 Å². The van der Waals surface area contributed by atoms with Crippen molar-refractivity contribution in [2.75, 3.05) is 32.6 Å². The highest BCUT2D eigenvalue weighted by atomic mass is 32.1. The Balaban J connectivity index is 1.49. The predicted molar refractivity (Wildman–Crippen MR) is 125 cm³/mol. The molecule has 0 radical (unpaired) electrons. The van der Waals surface area contributed by atoms with Crippen molar-refractivity contribution < 1.29 is 14.6 Å². The van der Waals surface area contributed by atoms with Gasteiger partial charge in [0.1, 0.15) is 28.2 Å². The Morgan fingerprint density at radius 1 is 1.38 bits per heavy atom. The fraction of sp³-hybridized carbons (Fsp3) is 0.381. The first kappa shape index (κ1) is 21.0. The molecule has 2 N–H and O–H groups in total. The van der Waals surface area contributed by atoms with Gasteiger partial charge in [-0.25, -0.2) is 9.97 Å². The number of likely N-dealkylation sites (N-methyl/N-ethyl adjacent to an activating group) is 1. The van der Waals surface area contributed by atoms with Crippen LogP contribution in [0.4, 0.5) is 11.5 Å². The number of aliphatic hydroxyl groups excluding tert-OH is 1. The number of ether oxygens (including phenoxy) is 1. The second-order valence-electron chi connectivity index (χ2n) is 7.75. The number of aliphatic hydroxyl groups is 1. The Bertz CT molecular complexity index is 1300. The molecule has 0 bridgehead atoms. The zero-order valence-corrected chi connectivity index (χ0v) is 19.3. The van der Waals surface area contributed by atoms with E-state index in [1.807, 2.05) is 12.1 Å². The molecule has 3 heterocycles. The van der Waals surface area contributed by atoms with Crippen LogP contribution in [0.5, 0.6) is 5.75 Å². The van der Waals surface area contributed by atoms with Crippen molar-refractivity contribution in [3.05, 3.63) is 28.9 Å². The Morgan fingerprint density at radius 3 is 3.06 bits per heavy atom. The van der Waals surface area contributed by atoms with Crippen molar-refractivity contribution in [3.63, 3.8) is 0 Å². The van der Waals surface area contributed by atoms with Gasteiger partial charge in [-0.05, 0) is 42.4 Å². The number of carbonyl (C=O) groups excluding carboxylic acids is 1. The summed E-state index contributed by atoms with van der Waals surface area (Å²) >= 11 is 2.95. The van der Waals surface area contributed by atoms with E-state index in [2.05, 4.69) is 24.9 Å². The molecular formula is C21H22N6O3S2. The van der Waals surface area contributed by atoms with E-state index in [0.29, 0.717) is 18.7 Å². The summed E-state index contributed by atoms with van der Waals surface area (Å²) in [5, 5.41) is 17.7. The molecule has 166 valence electrons. The Kier molecular flexibility index (Phi) is 5.62. The summed E-state index contributed by atoms with van der Waals surface area (Å²) in [7, 11) is 3.37. The number of rotatable bonds is 6. The molecule has 0 unspecified atom stereocenters. The lowest BCUT2D eigenvalue weighted by atomic mass is 9.87. The van der Waals surface area contributed by atoms with Crippen molar-refractivity contribution in [1.82, 2.24) is 24.5 Å². The van der Waals surface area contributed by atoms with Crippen molar-refractivity contribution in [3.8, 4) is 5.75 Å². The first-order chi connectivity index (χ1) is 15.6. The summed E-state index contributed by atoms with van der Waals surface area (Å²) in [5.74, 6) is 1.41. The average Bonchev–Trinajstić information content (AvgIpc) is 3.41. The van der Waals surface area contributed by atoms with Gasteiger partial charge in [0, 0.05) is 30.5 Å². The maximum Gasteiger partial charge on any atom is 0.225 e. The smallest absolute Gasteiger partial charge is 0.225 e. The van der Waals surface area contributed by atoms with Crippen LogP contribution in [0.2, 0.25) is 0 Å². The third-order valence-electron chi connectivity index (χ3n) is 5.83. The SMILES string of the molecule is COc1cc2nnsc2cc1Nc1ncnc2sc3c(c12)CC[C@H](C(=O)N(C)CCO)C3. The maximum atomic E-state index is 12.7. The first-order valence-electron chi connectivity index (χ1n) is 10.3. The molecule has 0 saturated carbocycles. The van der Waals surface area contributed by atoms with Crippen LogP contribution >= 0.6 is 22.9 Å². The van der Waals surface area contributed by atoms with Gasteiger partial charge in [0.15, 0.2) is 0 Å². The standard InChI is InChI=1S/C21H22N6O3S2/c1-27(5-6-28)21(29)11-3-4-12-16(7-11)31-20-18(12)19(22-10-23-20)24-13-9-17-14(25-26-32-17)8-15(13)30-2/h8-11,28H,3-7H2,1-2H3,(H,22,23,24)/t11-/m0/s1. The summed E-state index contributed by atoms with van der Waals surface area (Å²) in [5.41, 5.74) is 2.79. The van der Waals surface area contributed by atoms with E-state index in [-0.39, 0.29) is 18.4 Å². The van der Waals surface area contributed by atoms with E-state index in [4.69, 9.17) is 9.84 Å². The van der Waals surface area contributed by atoms with Gasteiger partial charge >= 0.3 is 0 Å². The van der Waals surface area contributed by atoms with E-state index < -0.39 is 0 Å². The molecule has 0 fully saturated rings. The van der Waals surface area contributed by atoms with Crippen LogP contribution in [0, 0.1) is 5.92 Å². The van der Waals surface area contributed by atoms with Gasteiger partial charge in [0.05, 0.1) is 29.5 Å². The molecule has 1 aromatic carbocycles. The van der Waals surface area contributed by atoms with Crippen LogP contribution in [-0.2, 0) is 17.6 Å². The highest BCUT2D eigenvalue weighted by Gasteiger charge is 2.30. The molecular weight excluding hydrogens is 448 g/mol. The number of amides is 1. The molecule has 0 spiro atoms. The van der Waals surface area contributed by atoms with Crippen LogP contribution in [0.1, 0.15) is 16.9 Å². The number of benzene rings is 1. The van der Waals surface area contributed by atoms with Crippen molar-refractivity contribution in [2.45, 2.75) is 19.3 Å². The van der Waals surface area contributed by atoms with E-state index in [0.717, 1.165) is 44.8 Å². The van der Waals surface area contributed by atoms with E-state index in [9.17, 15) is 4.79 Å². The summed E-state index contributed by atoms with van der Waals surface area (Å²) in [6.45, 7) is 0.330. The van der Waals surface area contributed by atoms with E-state index in [1.54, 1.807) is 36.7 Å². The molecule has 5 rings (SSSR count). The average molecular weight is 471 g/mol. The normalized spacial score (nSPS) is 15.7. The second kappa shape index (κ2) is 8.57. The van der Waals surface area contributed by atoms with E-state index in [1.165, 1.54) is 22.0 Å².